The molecule has 2 heteroatoms. The van der Waals surface area contributed by atoms with Gasteiger partial charge in [0, 0.05) is 6.54 Å². The first-order valence-corrected chi connectivity index (χ1v) is 8.35. The molecule has 0 amide bonds. The highest BCUT2D eigenvalue weighted by atomic mass is 16.3. The fraction of sp³-hybridized carbons (Fsp3) is 1.00. The Labute approximate surface area is 119 Å². The van der Waals surface area contributed by atoms with E-state index in [0.717, 1.165) is 24.8 Å². The van der Waals surface area contributed by atoms with Crippen LogP contribution in [0.15, 0.2) is 0 Å². The van der Waals surface area contributed by atoms with Crippen LogP contribution in [0.5, 0.6) is 0 Å². The van der Waals surface area contributed by atoms with Crippen LogP contribution < -0.4 is 5.32 Å². The zero-order chi connectivity index (χ0) is 13.9. The molecule has 2 aliphatic rings. The Morgan fingerprint density at radius 3 is 2.16 bits per heavy atom. The van der Waals surface area contributed by atoms with E-state index in [2.05, 4.69) is 26.1 Å². The molecule has 0 radical (unpaired) electrons. The van der Waals surface area contributed by atoms with E-state index in [9.17, 15) is 5.11 Å². The van der Waals surface area contributed by atoms with Gasteiger partial charge in [-0.25, -0.2) is 0 Å². The minimum Gasteiger partial charge on any atom is -0.393 e. The third kappa shape index (κ3) is 4.46. The van der Waals surface area contributed by atoms with Crippen molar-refractivity contribution < 1.29 is 5.11 Å². The van der Waals surface area contributed by atoms with Crippen LogP contribution in [0.4, 0.5) is 0 Å². The van der Waals surface area contributed by atoms with E-state index in [1.807, 2.05) is 0 Å². The summed E-state index contributed by atoms with van der Waals surface area (Å²) < 4.78 is 0. The highest BCUT2D eigenvalue weighted by Gasteiger charge is 2.30. The van der Waals surface area contributed by atoms with Crippen LogP contribution in [-0.4, -0.2) is 24.3 Å². The lowest BCUT2D eigenvalue weighted by molar-refractivity contribution is 0.126. The van der Waals surface area contributed by atoms with E-state index in [4.69, 9.17) is 0 Å². The predicted molar refractivity (Wildman–Crippen MR) is 81.1 cm³/mol. The highest BCUT2D eigenvalue weighted by molar-refractivity contribution is 4.82. The largest absolute Gasteiger partial charge is 0.393 e. The monoisotopic (exact) mass is 267 g/mol. The molecule has 2 saturated carbocycles. The van der Waals surface area contributed by atoms with Crippen molar-refractivity contribution in [1.82, 2.24) is 5.32 Å². The molecule has 112 valence electrons. The summed E-state index contributed by atoms with van der Waals surface area (Å²) in [6.07, 6.45) is 9.00. The molecule has 2 fully saturated rings. The fourth-order valence-electron chi connectivity index (χ4n) is 3.96. The van der Waals surface area contributed by atoms with Gasteiger partial charge in [0.25, 0.3) is 0 Å². The molecule has 2 atom stereocenters. The minimum absolute atomic E-state index is 0.0378. The maximum atomic E-state index is 9.81. The molecular weight excluding hydrogens is 234 g/mol. The molecule has 19 heavy (non-hydrogen) atoms. The quantitative estimate of drug-likeness (QED) is 0.816. The summed E-state index contributed by atoms with van der Waals surface area (Å²) in [5, 5.41) is 13.4. The molecule has 0 aromatic heterocycles. The average Bonchev–Trinajstić information content (AvgIpc) is 2.75. The summed E-state index contributed by atoms with van der Waals surface area (Å²) >= 11 is 0. The van der Waals surface area contributed by atoms with Gasteiger partial charge in [-0.2, -0.15) is 0 Å². The number of hydrogen-bond donors (Lipinski definition) is 2. The molecule has 0 aliphatic heterocycles. The van der Waals surface area contributed by atoms with E-state index in [0.29, 0.717) is 11.3 Å². The number of hydrogen-bond acceptors (Lipinski definition) is 2. The molecule has 0 bridgehead atoms. The van der Waals surface area contributed by atoms with Gasteiger partial charge in [-0.05, 0) is 68.2 Å². The van der Waals surface area contributed by atoms with E-state index in [-0.39, 0.29) is 6.10 Å². The van der Waals surface area contributed by atoms with E-state index < -0.39 is 0 Å². The summed E-state index contributed by atoms with van der Waals surface area (Å²) in [5.41, 5.74) is 0.492. The van der Waals surface area contributed by atoms with Crippen LogP contribution in [0.2, 0.25) is 0 Å². The SMILES string of the molecule is CC(C)(C)C1CCC(CNCC2CCCC2O)CC1. The topological polar surface area (TPSA) is 32.3 Å². The van der Waals surface area contributed by atoms with Crippen LogP contribution in [0, 0.1) is 23.2 Å². The van der Waals surface area contributed by atoms with Crippen LogP contribution in [0.25, 0.3) is 0 Å². The first kappa shape index (κ1) is 15.3. The van der Waals surface area contributed by atoms with Gasteiger partial charge in [-0.1, -0.05) is 27.2 Å². The molecule has 0 aromatic rings. The lowest BCUT2D eigenvalue weighted by Crippen LogP contribution is -2.34. The fourth-order valence-corrected chi connectivity index (χ4v) is 3.96. The molecule has 0 heterocycles. The predicted octanol–water partition coefficient (Wildman–Crippen LogP) is 3.59. The number of aliphatic hydroxyl groups is 1. The minimum atomic E-state index is -0.0378. The van der Waals surface area contributed by atoms with Crippen molar-refractivity contribution in [1.29, 1.82) is 0 Å². The zero-order valence-corrected chi connectivity index (χ0v) is 13.1. The van der Waals surface area contributed by atoms with Gasteiger partial charge in [0.2, 0.25) is 0 Å². The van der Waals surface area contributed by atoms with Crippen molar-refractivity contribution in [2.45, 2.75) is 71.8 Å². The molecule has 0 saturated heterocycles. The number of rotatable bonds is 4. The smallest absolute Gasteiger partial charge is 0.0580 e. The Morgan fingerprint density at radius 1 is 0.947 bits per heavy atom. The summed E-state index contributed by atoms with van der Waals surface area (Å²) in [4.78, 5) is 0. The van der Waals surface area contributed by atoms with Gasteiger partial charge in [-0.3, -0.25) is 0 Å². The molecule has 0 spiro atoms. The Balaban J connectivity index is 1.61. The molecule has 2 rings (SSSR count). The Bertz CT molecular complexity index is 263. The summed E-state index contributed by atoms with van der Waals surface area (Å²) in [7, 11) is 0. The Hall–Kier alpha value is -0.0800. The summed E-state index contributed by atoms with van der Waals surface area (Å²) in [6.45, 7) is 9.35. The van der Waals surface area contributed by atoms with Crippen molar-refractivity contribution in [3.63, 3.8) is 0 Å². The molecule has 2 N–H and O–H groups in total. The van der Waals surface area contributed by atoms with Gasteiger partial charge in [0.05, 0.1) is 6.10 Å². The molecule has 2 nitrogen and oxygen atoms in total. The van der Waals surface area contributed by atoms with Crippen molar-refractivity contribution in [3.05, 3.63) is 0 Å². The van der Waals surface area contributed by atoms with Crippen molar-refractivity contribution in [2.24, 2.45) is 23.2 Å². The lowest BCUT2D eigenvalue weighted by atomic mass is 9.70. The van der Waals surface area contributed by atoms with E-state index in [1.165, 1.54) is 45.1 Å². The number of nitrogens with one attached hydrogen (secondary N) is 1. The van der Waals surface area contributed by atoms with Crippen LogP contribution in [-0.2, 0) is 0 Å². The zero-order valence-electron chi connectivity index (χ0n) is 13.1. The third-order valence-corrected chi connectivity index (χ3v) is 5.53. The Morgan fingerprint density at radius 2 is 1.63 bits per heavy atom. The van der Waals surface area contributed by atoms with Gasteiger partial charge in [0.15, 0.2) is 0 Å². The van der Waals surface area contributed by atoms with Gasteiger partial charge in [-0.15, -0.1) is 0 Å². The first-order chi connectivity index (χ1) is 8.97. The first-order valence-electron chi connectivity index (χ1n) is 8.35. The molecule has 2 aliphatic carbocycles. The van der Waals surface area contributed by atoms with E-state index >= 15 is 0 Å². The second-order valence-corrected chi connectivity index (χ2v) is 8.00. The summed E-state index contributed by atoms with van der Waals surface area (Å²) in [5.74, 6) is 2.31. The van der Waals surface area contributed by atoms with Crippen molar-refractivity contribution in [2.75, 3.05) is 13.1 Å². The van der Waals surface area contributed by atoms with Crippen molar-refractivity contribution >= 4 is 0 Å². The second kappa shape index (κ2) is 6.58. The van der Waals surface area contributed by atoms with E-state index in [1.54, 1.807) is 0 Å². The summed E-state index contributed by atoms with van der Waals surface area (Å²) in [6, 6.07) is 0. The Kier molecular flexibility index (Phi) is 5.30. The average molecular weight is 267 g/mol. The second-order valence-electron chi connectivity index (χ2n) is 8.00. The normalized spacial score (nSPS) is 36.6. The third-order valence-electron chi connectivity index (χ3n) is 5.53. The maximum Gasteiger partial charge on any atom is 0.0580 e. The highest BCUT2D eigenvalue weighted by Crippen LogP contribution is 2.39. The van der Waals surface area contributed by atoms with Crippen LogP contribution in [0.3, 0.4) is 0 Å². The van der Waals surface area contributed by atoms with Gasteiger partial charge < -0.3 is 10.4 Å². The lowest BCUT2D eigenvalue weighted by Gasteiger charge is -2.37. The number of aliphatic hydroxyl groups excluding tert-OH is 1. The van der Waals surface area contributed by atoms with Crippen molar-refractivity contribution in [3.8, 4) is 0 Å². The maximum absolute atomic E-state index is 9.81. The van der Waals surface area contributed by atoms with Crippen LogP contribution >= 0.6 is 0 Å². The van der Waals surface area contributed by atoms with Gasteiger partial charge >= 0.3 is 0 Å². The molecular formula is C17H33NO. The van der Waals surface area contributed by atoms with Crippen LogP contribution in [0.1, 0.15) is 65.7 Å². The molecule has 0 aromatic carbocycles. The van der Waals surface area contributed by atoms with Gasteiger partial charge in [0.1, 0.15) is 0 Å². The standard InChI is InChI=1S/C17H33NO/c1-17(2,3)15-9-7-13(8-10-15)11-18-12-14-5-4-6-16(14)19/h13-16,18-19H,4-12H2,1-3H3. The molecule has 2 unspecified atom stereocenters.